The molecule has 0 spiro atoms. The van der Waals surface area contributed by atoms with Crippen molar-refractivity contribution >= 4 is 21.7 Å². The highest BCUT2D eigenvalue weighted by atomic mass is 79.9. The molecule has 1 aromatic heterocycles. The molecule has 5 heteroatoms. The van der Waals surface area contributed by atoms with Crippen molar-refractivity contribution in [1.82, 2.24) is 4.98 Å². The number of pyridine rings is 1. The second-order valence-electron chi connectivity index (χ2n) is 3.29. The minimum atomic E-state index is -0.354. The topological polar surface area (TPSA) is 34.1 Å². The number of aromatic nitrogens is 1. The Kier molecular flexibility index (Phi) is 3.58. The third-order valence-electron chi connectivity index (χ3n) is 2.09. The maximum atomic E-state index is 13.1. The van der Waals surface area contributed by atoms with Crippen LogP contribution in [-0.4, -0.2) is 12.0 Å². The molecule has 0 bridgehead atoms. The van der Waals surface area contributed by atoms with E-state index in [1.54, 1.807) is 25.2 Å². The standard InChI is InChI=1S/C12H10BrFN2O/c1-15-11-3-2-4-12(16-11)17-10-7-8(14)5-6-9(10)13/h2-7H,1H3,(H,15,16). The fourth-order valence-corrected chi connectivity index (χ4v) is 1.61. The highest BCUT2D eigenvalue weighted by molar-refractivity contribution is 9.10. The molecule has 0 aliphatic carbocycles. The van der Waals surface area contributed by atoms with Crippen LogP contribution in [-0.2, 0) is 0 Å². The quantitative estimate of drug-likeness (QED) is 0.935. The highest BCUT2D eigenvalue weighted by Gasteiger charge is 2.05. The maximum absolute atomic E-state index is 13.1. The molecular formula is C12H10BrFN2O. The summed E-state index contributed by atoms with van der Waals surface area (Å²) in [6.45, 7) is 0. The molecule has 2 aromatic rings. The Labute approximate surface area is 107 Å². The molecular weight excluding hydrogens is 287 g/mol. The third kappa shape index (κ3) is 2.94. The van der Waals surface area contributed by atoms with Crippen LogP contribution >= 0.6 is 15.9 Å². The van der Waals surface area contributed by atoms with E-state index in [1.807, 2.05) is 6.07 Å². The number of hydrogen-bond donors (Lipinski definition) is 1. The van der Waals surface area contributed by atoms with Crippen molar-refractivity contribution < 1.29 is 9.13 Å². The van der Waals surface area contributed by atoms with Crippen LogP contribution in [0.25, 0.3) is 0 Å². The summed E-state index contributed by atoms with van der Waals surface area (Å²) in [5, 5.41) is 2.90. The number of halogens is 2. The summed E-state index contributed by atoms with van der Waals surface area (Å²) in [5.41, 5.74) is 0. The lowest BCUT2D eigenvalue weighted by Gasteiger charge is -2.08. The van der Waals surface area contributed by atoms with Crippen LogP contribution in [0.4, 0.5) is 10.2 Å². The molecule has 1 N–H and O–H groups in total. The number of hydrogen-bond acceptors (Lipinski definition) is 3. The number of nitrogens with zero attached hydrogens (tertiary/aromatic N) is 1. The van der Waals surface area contributed by atoms with Gasteiger partial charge in [0.15, 0.2) is 0 Å². The SMILES string of the molecule is CNc1cccc(Oc2cc(F)ccc2Br)n1. The lowest BCUT2D eigenvalue weighted by molar-refractivity contribution is 0.456. The van der Waals surface area contributed by atoms with E-state index in [-0.39, 0.29) is 5.82 Å². The van der Waals surface area contributed by atoms with Crippen molar-refractivity contribution in [2.24, 2.45) is 0 Å². The predicted molar refractivity (Wildman–Crippen MR) is 68.0 cm³/mol. The highest BCUT2D eigenvalue weighted by Crippen LogP contribution is 2.29. The smallest absolute Gasteiger partial charge is 0.221 e. The first-order valence-corrected chi connectivity index (χ1v) is 5.76. The summed E-state index contributed by atoms with van der Waals surface area (Å²) in [4.78, 5) is 4.18. The summed E-state index contributed by atoms with van der Waals surface area (Å²) in [6, 6.07) is 9.58. The van der Waals surface area contributed by atoms with E-state index in [0.29, 0.717) is 21.9 Å². The molecule has 1 heterocycles. The van der Waals surface area contributed by atoms with Gasteiger partial charge in [0.25, 0.3) is 0 Å². The fraction of sp³-hybridized carbons (Fsp3) is 0.0833. The number of ether oxygens (including phenoxy) is 1. The summed E-state index contributed by atoms with van der Waals surface area (Å²) in [5.74, 6) is 1.14. The Balaban J connectivity index is 2.27. The normalized spacial score (nSPS) is 10.1. The Morgan fingerprint density at radius 3 is 2.88 bits per heavy atom. The zero-order valence-electron chi connectivity index (χ0n) is 9.08. The largest absolute Gasteiger partial charge is 0.438 e. The van der Waals surface area contributed by atoms with E-state index in [2.05, 4.69) is 26.2 Å². The van der Waals surface area contributed by atoms with E-state index < -0.39 is 0 Å². The van der Waals surface area contributed by atoms with Crippen LogP contribution in [0.3, 0.4) is 0 Å². The van der Waals surface area contributed by atoms with Crippen molar-refractivity contribution in [2.45, 2.75) is 0 Å². The Morgan fingerprint density at radius 1 is 1.29 bits per heavy atom. The van der Waals surface area contributed by atoms with E-state index >= 15 is 0 Å². The second kappa shape index (κ2) is 5.14. The van der Waals surface area contributed by atoms with Gasteiger partial charge in [0, 0.05) is 19.2 Å². The van der Waals surface area contributed by atoms with Crippen LogP contribution < -0.4 is 10.1 Å². The number of anilines is 1. The zero-order valence-corrected chi connectivity index (χ0v) is 10.7. The molecule has 0 saturated carbocycles. The van der Waals surface area contributed by atoms with Crippen LogP contribution in [0.1, 0.15) is 0 Å². The van der Waals surface area contributed by atoms with Gasteiger partial charge in [-0.3, -0.25) is 0 Å². The van der Waals surface area contributed by atoms with Gasteiger partial charge < -0.3 is 10.1 Å². The van der Waals surface area contributed by atoms with Crippen molar-refractivity contribution in [3.8, 4) is 11.6 Å². The molecule has 0 radical (unpaired) electrons. The molecule has 0 unspecified atom stereocenters. The van der Waals surface area contributed by atoms with Gasteiger partial charge in [-0.1, -0.05) is 6.07 Å². The Bertz CT molecular complexity index is 534. The number of nitrogens with one attached hydrogen (secondary N) is 1. The molecule has 2 rings (SSSR count). The molecule has 0 fully saturated rings. The lowest BCUT2D eigenvalue weighted by atomic mass is 10.3. The first-order chi connectivity index (χ1) is 8.19. The van der Waals surface area contributed by atoms with Crippen molar-refractivity contribution in [3.05, 3.63) is 46.7 Å². The van der Waals surface area contributed by atoms with E-state index in [0.717, 1.165) is 0 Å². The minimum absolute atomic E-state index is 0.354. The van der Waals surface area contributed by atoms with Crippen molar-refractivity contribution in [1.29, 1.82) is 0 Å². The van der Waals surface area contributed by atoms with E-state index in [9.17, 15) is 4.39 Å². The van der Waals surface area contributed by atoms with Gasteiger partial charge in [0.05, 0.1) is 4.47 Å². The predicted octanol–water partition coefficient (Wildman–Crippen LogP) is 3.82. The maximum Gasteiger partial charge on any atom is 0.221 e. The molecule has 0 saturated heterocycles. The fourth-order valence-electron chi connectivity index (χ4n) is 1.28. The summed E-state index contributed by atoms with van der Waals surface area (Å²) in [6.07, 6.45) is 0. The van der Waals surface area contributed by atoms with E-state index in [1.165, 1.54) is 12.1 Å². The number of rotatable bonds is 3. The molecule has 88 valence electrons. The van der Waals surface area contributed by atoms with Gasteiger partial charge in [-0.05, 0) is 34.1 Å². The Hall–Kier alpha value is -1.62. The monoisotopic (exact) mass is 296 g/mol. The van der Waals surface area contributed by atoms with Crippen molar-refractivity contribution in [3.63, 3.8) is 0 Å². The second-order valence-corrected chi connectivity index (χ2v) is 4.14. The summed E-state index contributed by atoms with van der Waals surface area (Å²) in [7, 11) is 1.77. The first-order valence-electron chi connectivity index (χ1n) is 4.97. The third-order valence-corrected chi connectivity index (χ3v) is 2.74. The van der Waals surface area contributed by atoms with Crippen LogP contribution in [0.15, 0.2) is 40.9 Å². The Morgan fingerprint density at radius 2 is 2.12 bits per heavy atom. The van der Waals surface area contributed by atoms with Crippen LogP contribution in [0, 0.1) is 5.82 Å². The molecule has 0 aliphatic heterocycles. The van der Waals surface area contributed by atoms with Gasteiger partial charge in [-0.15, -0.1) is 0 Å². The summed E-state index contributed by atoms with van der Waals surface area (Å²) < 4.78 is 19.2. The van der Waals surface area contributed by atoms with Gasteiger partial charge >= 0.3 is 0 Å². The van der Waals surface area contributed by atoms with Gasteiger partial charge in [0.2, 0.25) is 5.88 Å². The van der Waals surface area contributed by atoms with Crippen LogP contribution in [0.5, 0.6) is 11.6 Å². The van der Waals surface area contributed by atoms with Crippen LogP contribution in [0.2, 0.25) is 0 Å². The average molecular weight is 297 g/mol. The molecule has 0 aliphatic rings. The van der Waals surface area contributed by atoms with Gasteiger partial charge in [-0.2, -0.15) is 4.98 Å². The minimum Gasteiger partial charge on any atom is -0.438 e. The molecule has 3 nitrogen and oxygen atoms in total. The summed E-state index contributed by atoms with van der Waals surface area (Å²) >= 11 is 3.29. The first kappa shape index (κ1) is 11.9. The zero-order chi connectivity index (χ0) is 12.3. The molecule has 1 aromatic carbocycles. The van der Waals surface area contributed by atoms with E-state index in [4.69, 9.17) is 4.74 Å². The molecule has 17 heavy (non-hydrogen) atoms. The average Bonchev–Trinajstić information content (AvgIpc) is 2.34. The van der Waals surface area contributed by atoms with Crippen molar-refractivity contribution in [2.75, 3.05) is 12.4 Å². The van der Waals surface area contributed by atoms with Gasteiger partial charge in [-0.25, -0.2) is 4.39 Å². The lowest BCUT2D eigenvalue weighted by Crippen LogP contribution is -1.94. The number of benzene rings is 1. The van der Waals surface area contributed by atoms with Gasteiger partial charge in [0.1, 0.15) is 17.4 Å². The molecule has 0 atom stereocenters. The molecule has 0 amide bonds.